The van der Waals surface area contributed by atoms with E-state index in [1.165, 1.54) is 11.6 Å². The van der Waals surface area contributed by atoms with Gasteiger partial charge < -0.3 is 9.47 Å². The van der Waals surface area contributed by atoms with Gasteiger partial charge in [0.05, 0.1) is 14.2 Å². The lowest BCUT2D eigenvalue weighted by Gasteiger charge is -2.00. The first kappa shape index (κ1) is 13.1. The lowest BCUT2D eigenvalue weighted by molar-refractivity contribution is 0.0591. The molecule has 106 valence electrons. The molecule has 3 rings (SSSR count). The van der Waals surface area contributed by atoms with Gasteiger partial charge in [-0.05, 0) is 36.4 Å². The van der Waals surface area contributed by atoms with Crippen LogP contribution in [0.2, 0.25) is 0 Å². The van der Waals surface area contributed by atoms with Gasteiger partial charge >= 0.3 is 5.97 Å². The number of fused-ring (bicyclic) bond motifs is 1. The molecule has 0 spiro atoms. The van der Waals surface area contributed by atoms with Gasteiger partial charge in [0.2, 0.25) is 0 Å². The molecule has 1 aromatic carbocycles. The van der Waals surface area contributed by atoms with Crippen molar-refractivity contribution in [1.82, 2.24) is 14.6 Å². The fourth-order valence-corrected chi connectivity index (χ4v) is 2.03. The van der Waals surface area contributed by atoms with Crippen molar-refractivity contribution in [3.63, 3.8) is 0 Å². The third-order valence-corrected chi connectivity index (χ3v) is 3.10. The van der Waals surface area contributed by atoms with E-state index in [2.05, 4.69) is 10.1 Å². The van der Waals surface area contributed by atoms with E-state index in [0.717, 1.165) is 11.3 Å². The number of ether oxygens (including phenoxy) is 2. The van der Waals surface area contributed by atoms with Crippen molar-refractivity contribution in [2.24, 2.45) is 0 Å². The van der Waals surface area contributed by atoms with Crippen molar-refractivity contribution in [2.75, 3.05) is 14.2 Å². The van der Waals surface area contributed by atoms with Gasteiger partial charge in [0.1, 0.15) is 5.75 Å². The van der Waals surface area contributed by atoms with Crippen molar-refractivity contribution in [1.29, 1.82) is 0 Å². The summed E-state index contributed by atoms with van der Waals surface area (Å²) < 4.78 is 11.3. The van der Waals surface area contributed by atoms with Gasteiger partial charge in [-0.1, -0.05) is 6.07 Å². The molecular formula is C15H13N3O3. The first-order valence-corrected chi connectivity index (χ1v) is 6.31. The quantitative estimate of drug-likeness (QED) is 0.689. The number of hydrogen-bond donors (Lipinski definition) is 0. The monoisotopic (exact) mass is 283 g/mol. The first-order chi connectivity index (χ1) is 10.2. The third kappa shape index (κ3) is 2.31. The number of carbonyl (C=O) groups is 1. The summed E-state index contributed by atoms with van der Waals surface area (Å²) in [6.45, 7) is 0. The predicted octanol–water partition coefficient (Wildman–Crippen LogP) is 2.19. The average Bonchev–Trinajstić information content (AvgIpc) is 2.98. The molecule has 0 aliphatic heterocycles. The van der Waals surface area contributed by atoms with Crippen molar-refractivity contribution in [3.05, 3.63) is 48.2 Å². The van der Waals surface area contributed by atoms with E-state index in [0.29, 0.717) is 17.2 Å². The number of methoxy groups -OCH3 is 2. The van der Waals surface area contributed by atoms with Crippen LogP contribution in [-0.2, 0) is 4.74 Å². The van der Waals surface area contributed by atoms with Crippen LogP contribution in [0, 0.1) is 0 Å². The summed E-state index contributed by atoms with van der Waals surface area (Å²) in [7, 11) is 2.95. The molecule has 0 bridgehead atoms. The number of esters is 1. The molecule has 0 unspecified atom stereocenters. The standard InChI is InChI=1S/C15H13N3O3/c1-20-11-8-6-10(7-9-11)14-16-13-5-3-4-12(15(19)21-2)18(13)17-14/h3-9H,1-2H3. The highest BCUT2D eigenvalue weighted by molar-refractivity contribution is 5.88. The van der Waals surface area contributed by atoms with Crippen LogP contribution in [0.5, 0.6) is 5.75 Å². The minimum atomic E-state index is -0.452. The fourth-order valence-electron chi connectivity index (χ4n) is 2.03. The van der Waals surface area contributed by atoms with E-state index in [-0.39, 0.29) is 0 Å². The minimum absolute atomic E-state index is 0.335. The fraction of sp³-hybridized carbons (Fsp3) is 0.133. The molecular weight excluding hydrogens is 270 g/mol. The molecule has 21 heavy (non-hydrogen) atoms. The molecule has 2 heterocycles. The molecule has 0 saturated carbocycles. The number of benzene rings is 1. The molecule has 0 N–H and O–H groups in total. The molecule has 3 aromatic rings. The molecule has 6 heteroatoms. The Morgan fingerprint density at radius 3 is 2.52 bits per heavy atom. The molecule has 0 aliphatic carbocycles. The van der Waals surface area contributed by atoms with E-state index in [9.17, 15) is 4.79 Å². The lowest BCUT2D eigenvalue weighted by Crippen LogP contribution is -2.08. The maximum absolute atomic E-state index is 11.7. The third-order valence-electron chi connectivity index (χ3n) is 3.10. The number of rotatable bonds is 3. The van der Waals surface area contributed by atoms with Gasteiger partial charge in [-0.2, -0.15) is 0 Å². The van der Waals surface area contributed by atoms with E-state index in [1.54, 1.807) is 25.3 Å². The second-order valence-electron chi connectivity index (χ2n) is 4.34. The SMILES string of the molecule is COC(=O)c1cccc2nc(-c3ccc(OC)cc3)nn12. The molecule has 0 saturated heterocycles. The Morgan fingerprint density at radius 1 is 1.10 bits per heavy atom. The van der Waals surface area contributed by atoms with E-state index in [1.807, 2.05) is 24.3 Å². The Morgan fingerprint density at radius 2 is 1.86 bits per heavy atom. The van der Waals surface area contributed by atoms with Gasteiger partial charge in [0, 0.05) is 5.56 Å². The topological polar surface area (TPSA) is 65.7 Å². The number of aromatic nitrogens is 3. The second-order valence-corrected chi connectivity index (χ2v) is 4.34. The van der Waals surface area contributed by atoms with Crippen molar-refractivity contribution in [3.8, 4) is 17.1 Å². The van der Waals surface area contributed by atoms with Crippen LogP contribution >= 0.6 is 0 Å². The van der Waals surface area contributed by atoms with E-state index >= 15 is 0 Å². The summed E-state index contributed by atoms with van der Waals surface area (Å²) in [6, 6.07) is 12.6. The lowest BCUT2D eigenvalue weighted by atomic mass is 10.2. The minimum Gasteiger partial charge on any atom is -0.497 e. The van der Waals surface area contributed by atoms with Crippen LogP contribution in [0.25, 0.3) is 17.0 Å². The summed E-state index contributed by atoms with van der Waals surface area (Å²) in [4.78, 5) is 16.1. The summed E-state index contributed by atoms with van der Waals surface area (Å²) in [5.41, 5.74) is 1.77. The number of nitrogens with zero attached hydrogens (tertiary/aromatic N) is 3. The smallest absolute Gasteiger partial charge is 0.356 e. The largest absolute Gasteiger partial charge is 0.497 e. The van der Waals surface area contributed by atoms with Crippen LogP contribution < -0.4 is 4.74 Å². The van der Waals surface area contributed by atoms with Crippen molar-refractivity contribution < 1.29 is 14.3 Å². The Kier molecular flexibility index (Phi) is 3.27. The van der Waals surface area contributed by atoms with Gasteiger partial charge in [0.15, 0.2) is 17.2 Å². The van der Waals surface area contributed by atoms with Gasteiger partial charge in [-0.15, -0.1) is 5.10 Å². The molecule has 0 aliphatic rings. The van der Waals surface area contributed by atoms with Crippen molar-refractivity contribution >= 4 is 11.6 Å². The zero-order valence-corrected chi connectivity index (χ0v) is 11.6. The van der Waals surface area contributed by atoms with Crippen LogP contribution in [-0.4, -0.2) is 34.8 Å². The number of pyridine rings is 1. The molecule has 6 nitrogen and oxygen atoms in total. The van der Waals surface area contributed by atoms with Crippen molar-refractivity contribution in [2.45, 2.75) is 0 Å². The zero-order chi connectivity index (χ0) is 14.8. The maximum Gasteiger partial charge on any atom is 0.356 e. The Labute approximate surface area is 120 Å². The van der Waals surface area contributed by atoms with Gasteiger partial charge in [-0.25, -0.2) is 14.3 Å². The number of carbonyl (C=O) groups excluding carboxylic acids is 1. The average molecular weight is 283 g/mol. The highest BCUT2D eigenvalue weighted by atomic mass is 16.5. The molecule has 0 radical (unpaired) electrons. The Bertz CT molecular complexity index is 794. The molecule has 0 atom stereocenters. The normalized spacial score (nSPS) is 10.6. The predicted molar refractivity (Wildman–Crippen MR) is 76.3 cm³/mol. The first-order valence-electron chi connectivity index (χ1n) is 6.31. The maximum atomic E-state index is 11.7. The summed E-state index contributed by atoms with van der Waals surface area (Å²) in [6.07, 6.45) is 0. The summed E-state index contributed by atoms with van der Waals surface area (Å²) in [5, 5.41) is 4.37. The summed E-state index contributed by atoms with van der Waals surface area (Å²) in [5.74, 6) is 0.846. The van der Waals surface area contributed by atoms with Crippen LogP contribution in [0.1, 0.15) is 10.5 Å². The highest BCUT2D eigenvalue weighted by Crippen LogP contribution is 2.20. The molecule has 0 amide bonds. The second kappa shape index (κ2) is 5.24. The van der Waals surface area contributed by atoms with E-state index in [4.69, 9.17) is 9.47 Å². The van der Waals surface area contributed by atoms with Gasteiger partial charge in [-0.3, -0.25) is 0 Å². The zero-order valence-electron chi connectivity index (χ0n) is 11.6. The number of hydrogen-bond acceptors (Lipinski definition) is 5. The van der Waals surface area contributed by atoms with E-state index < -0.39 is 5.97 Å². The molecule has 2 aromatic heterocycles. The van der Waals surface area contributed by atoms with Gasteiger partial charge in [0.25, 0.3) is 0 Å². The molecule has 0 fully saturated rings. The van der Waals surface area contributed by atoms with Crippen LogP contribution in [0.3, 0.4) is 0 Å². The van der Waals surface area contributed by atoms with Crippen LogP contribution in [0.4, 0.5) is 0 Å². The highest BCUT2D eigenvalue weighted by Gasteiger charge is 2.14. The Balaban J connectivity index is 2.10. The Hall–Kier alpha value is -2.89. The van der Waals surface area contributed by atoms with Crippen LogP contribution in [0.15, 0.2) is 42.5 Å². The summed E-state index contributed by atoms with van der Waals surface area (Å²) >= 11 is 0.